The van der Waals surface area contributed by atoms with Crippen LogP contribution in [0.3, 0.4) is 0 Å². The number of benzene rings is 2. The molecule has 0 saturated heterocycles. The lowest BCUT2D eigenvalue weighted by molar-refractivity contribution is -0.214. The van der Waals surface area contributed by atoms with Gasteiger partial charge in [0.1, 0.15) is 23.7 Å². The molecular weight excluding hydrogens is 426 g/mol. The van der Waals surface area contributed by atoms with E-state index in [1.165, 1.54) is 24.4 Å². The van der Waals surface area contributed by atoms with E-state index >= 15 is 8.78 Å². The van der Waals surface area contributed by atoms with E-state index in [-0.39, 0.29) is 0 Å². The Balaban J connectivity index is 1.77. The van der Waals surface area contributed by atoms with Crippen LogP contribution in [0.15, 0.2) is 72.0 Å². The third-order valence-corrected chi connectivity index (χ3v) is 5.26. The quantitative estimate of drug-likeness (QED) is 0.568. The molecule has 10 heteroatoms. The van der Waals surface area contributed by atoms with E-state index in [0.717, 1.165) is 35.1 Å². The zero-order chi connectivity index (χ0) is 22.9. The first kappa shape index (κ1) is 21.7. The summed E-state index contributed by atoms with van der Waals surface area (Å²) in [6.45, 7) is -0.794. The first-order valence-electron chi connectivity index (χ1n) is 9.59. The highest BCUT2D eigenvalue weighted by Gasteiger charge is 2.58. The average Bonchev–Trinajstić information content (AvgIpc) is 3.18. The minimum Gasteiger partial charge on any atom is -0.377 e. The van der Waals surface area contributed by atoms with Gasteiger partial charge in [-0.25, -0.2) is 14.3 Å². The highest BCUT2D eigenvalue weighted by atomic mass is 19.3. The molecule has 1 aromatic heterocycles. The summed E-state index contributed by atoms with van der Waals surface area (Å²) in [6.07, 6.45) is 2.42. The van der Waals surface area contributed by atoms with Crippen LogP contribution in [0.5, 0.6) is 0 Å². The van der Waals surface area contributed by atoms with E-state index in [1.807, 2.05) is 6.07 Å². The SMILES string of the molecule is CN1NN=CN1CC(O)(c1ccc(F)cc1F)C(F)(F)c1ccc(-c2ccccc2)cn1. The van der Waals surface area contributed by atoms with Crippen molar-refractivity contribution in [1.82, 2.24) is 20.6 Å². The largest absolute Gasteiger partial charge is 0.377 e. The Bertz CT molecular complexity index is 1130. The van der Waals surface area contributed by atoms with E-state index in [9.17, 15) is 13.9 Å². The molecular formula is C22H19F4N5O. The van der Waals surface area contributed by atoms with Gasteiger partial charge in [-0.3, -0.25) is 9.99 Å². The minimum absolute atomic E-state index is 0.447. The summed E-state index contributed by atoms with van der Waals surface area (Å²) in [6, 6.07) is 13.6. The second kappa shape index (κ2) is 8.21. The Kier molecular flexibility index (Phi) is 5.57. The fraction of sp³-hybridized carbons (Fsp3) is 0.182. The molecule has 0 amide bonds. The Morgan fingerprint density at radius 2 is 1.75 bits per heavy atom. The van der Waals surface area contributed by atoms with Gasteiger partial charge < -0.3 is 5.11 Å². The summed E-state index contributed by atoms with van der Waals surface area (Å²) in [5, 5.41) is 17.4. The molecule has 166 valence electrons. The molecule has 3 aromatic rings. The van der Waals surface area contributed by atoms with Gasteiger partial charge in [-0.2, -0.15) is 13.9 Å². The van der Waals surface area contributed by atoms with E-state index in [0.29, 0.717) is 11.6 Å². The predicted octanol–water partition coefficient (Wildman–Crippen LogP) is 3.62. The van der Waals surface area contributed by atoms with Crippen LogP contribution in [0.1, 0.15) is 11.3 Å². The number of halogens is 4. The summed E-state index contributed by atoms with van der Waals surface area (Å²) in [7, 11) is 1.47. The summed E-state index contributed by atoms with van der Waals surface area (Å²) in [5.74, 6) is -6.32. The molecule has 1 atom stereocenters. The van der Waals surface area contributed by atoms with Crippen molar-refractivity contribution >= 4 is 6.34 Å². The highest BCUT2D eigenvalue weighted by molar-refractivity contribution is 5.62. The molecule has 2 heterocycles. The van der Waals surface area contributed by atoms with E-state index in [1.54, 1.807) is 24.3 Å². The third kappa shape index (κ3) is 3.78. The lowest BCUT2D eigenvalue weighted by Crippen LogP contribution is -2.55. The van der Waals surface area contributed by atoms with E-state index < -0.39 is 41.0 Å². The van der Waals surface area contributed by atoms with Crippen molar-refractivity contribution in [2.24, 2.45) is 5.10 Å². The van der Waals surface area contributed by atoms with Crippen LogP contribution >= 0.6 is 0 Å². The van der Waals surface area contributed by atoms with Gasteiger partial charge in [0, 0.05) is 30.4 Å². The van der Waals surface area contributed by atoms with Crippen LogP contribution in [0.4, 0.5) is 17.6 Å². The molecule has 4 rings (SSSR count). The van der Waals surface area contributed by atoms with Crippen LogP contribution in [0.25, 0.3) is 11.1 Å². The molecule has 1 unspecified atom stereocenters. The molecule has 0 saturated carbocycles. The molecule has 2 aromatic carbocycles. The topological polar surface area (TPSA) is 64.0 Å². The van der Waals surface area contributed by atoms with Crippen LogP contribution in [-0.4, -0.2) is 40.1 Å². The average molecular weight is 445 g/mol. The summed E-state index contributed by atoms with van der Waals surface area (Å²) < 4.78 is 59.7. The van der Waals surface area contributed by atoms with Gasteiger partial charge in [0.2, 0.25) is 0 Å². The molecule has 0 spiro atoms. The normalized spacial score (nSPS) is 16.1. The summed E-state index contributed by atoms with van der Waals surface area (Å²) in [5.41, 5.74) is -0.797. The number of aromatic nitrogens is 1. The molecule has 1 aliphatic heterocycles. The maximum Gasteiger partial charge on any atom is 0.323 e. The van der Waals surface area contributed by atoms with Crippen LogP contribution in [-0.2, 0) is 11.5 Å². The Morgan fingerprint density at radius 1 is 1.00 bits per heavy atom. The monoisotopic (exact) mass is 445 g/mol. The standard InChI is InChI=1S/C22H19F4N5O/c1-30-29-28-14-31(30)13-21(32,18-9-8-17(23)11-19(18)24)22(25,26)20-10-7-16(12-27-20)15-5-3-2-4-6-15/h2-12,14,29,32H,13H2,1H3. The number of hydrogen-bond acceptors (Lipinski definition) is 6. The minimum atomic E-state index is -4.06. The second-order valence-electron chi connectivity index (χ2n) is 7.32. The zero-order valence-corrected chi connectivity index (χ0v) is 16.9. The number of hydrazone groups is 1. The number of hydrazine groups is 2. The van der Waals surface area contributed by atoms with Crippen LogP contribution < -0.4 is 5.53 Å². The number of pyridine rings is 1. The maximum atomic E-state index is 15.8. The molecule has 2 N–H and O–H groups in total. The molecule has 0 aliphatic carbocycles. The number of β-amino-alcohol motifs (C(OH)–C–C–N with tert-alkyl or cyclic N) is 1. The van der Waals surface area contributed by atoms with Crippen molar-refractivity contribution in [3.63, 3.8) is 0 Å². The lowest BCUT2D eigenvalue weighted by Gasteiger charge is -2.39. The number of nitrogens with one attached hydrogen (secondary N) is 1. The molecule has 6 nitrogen and oxygen atoms in total. The van der Waals surface area contributed by atoms with Gasteiger partial charge in [-0.1, -0.05) is 36.4 Å². The number of nitrogens with zero attached hydrogens (tertiary/aromatic N) is 4. The zero-order valence-electron chi connectivity index (χ0n) is 16.9. The highest BCUT2D eigenvalue weighted by Crippen LogP contribution is 2.46. The summed E-state index contributed by atoms with van der Waals surface area (Å²) >= 11 is 0. The van der Waals surface area contributed by atoms with Gasteiger partial charge in [-0.15, -0.1) is 5.12 Å². The molecule has 32 heavy (non-hydrogen) atoms. The Labute approximate surface area is 181 Å². The van der Waals surface area contributed by atoms with Gasteiger partial charge in [0.05, 0.1) is 6.54 Å². The van der Waals surface area contributed by atoms with E-state index in [2.05, 4.69) is 15.6 Å². The molecule has 0 bridgehead atoms. The molecule has 0 fully saturated rings. The number of alkyl halides is 2. The van der Waals surface area contributed by atoms with Gasteiger partial charge in [-0.05, 0) is 23.8 Å². The van der Waals surface area contributed by atoms with Gasteiger partial charge >= 0.3 is 5.92 Å². The van der Waals surface area contributed by atoms with Crippen molar-refractivity contribution in [3.8, 4) is 11.1 Å². The number of rotatable bonds is 6. The Hall–Kier alpha value is -3.50. The first-order valence-corrected chi connectivity index (χ1v) is 9.59. The fourth-order valence-corrected chi connectivity index (χ4v) is 3.46. The van der Waals surface area contributed by atoms with Gasteiger partial charge in [0.15, 0.2) is 5.60 Å². The number of hydrogen-bond donors (Lipinski definition) is 2. The van der Waals surface area contributed by atoms with Crippen LogP contribution in [0, 0.1) is 11.6 Å². The maximum absolute atomic E-state index is 15.8. The van der Waals surface area contributed by atoms with Crippen molar-refractivity contribution in [3.05, 3.63) is 89.8 Å². The van der Waals surface area contributed by atoms with Crippen molar-refractivity contribution < 1.29 is 22.7 Å². The number of aliphatic hydroxyl groups is 1. The lowest BCUT2D eigenvalue weighted by atomic mass is 9.84. The summed E-state index contributed by atoms with van der Waals surface area (Å²) in [4.78, 5) is 3.87. The van der Waals surface area contributed by atoms with Gasteiger partial charge in [0.25, 0.3) is 0 Å². The third-order valence-electron chi connectivity index (χ3n) is 5.26. The van der Waals surface area contributed by atoms with E-state index in [4.69, 9.17) is 0 Å². The van der Waals surface area contributed by atoms with Crippen LogP contribution in [0.2, 0.25) is 0 Å². The molecule has 0 radical (unpaired) electrons. The van der Waals surface area contributed by atoms with Crippen molar-refractivity contribution in [2.75, 3.05) is 13.6 Å². The predicted molar refractivity (Wildman–Crippen MR) is 110 cm³/mol. The second-order valence-corrected chi connectivity index (χ2v) is 7.32. The first-order chi connectivity index (χ1) is 15.2. The Morgan fingerprint density at radius 3 is 2.34 bits per heavy atom. The van der Waals surface area contributed by atoms with Crippen molar-refractivity contribution in [1.29, 1.82) is 0 Å². The smallest absolute Gasteiger partial charge is 0.323 e. The molecule has 1 aliphatic rings. The van der Waals surface area contributed by atoms with Crippen molar-refractivity contribution in [2.45, 2.75) is 11.5 Å². The fourth-order valence-electron chi connectivity index (χ4n) is 3.46.